The number of benzene rings is 1. The van der Waals surface area contributed by atoms with Crippen LogP contribution in [0.5, 0.6) is 0 Å². The third-order valence-electron chi connectivity index (χ3n) is 3.10. The van der Waals surface area contributed by atoms with Gasteiger partial charge in [-0.2, -0.15) is 0 Å². The molecular formula is C13H12FN5O. The fraction of sp³-hybridized carbons (Fsp3) is 0.154. The van der Waals surface area contributed by atoms with Crippen molar-refractivity contribution < 1.29 is 4.39 Å². The molecule has 0 aliphatic carbocycles. The monoisotopic (exact) mass is 273 g/mol. The van der Waals surface area contributed by atoms with Crippen molar-refractivity contribution in [1.29, 1.82) is 0 Å². The lowest BCUT2D eigenvalue weighted by Gasteiger charge is -2.07. The SMILES string of the molecule is NCc1cc(F)ccc1Cn1nc2cnccn2c1=O. The van der Waals surface area contributed by atoms with Crippen LogP contribution in [0.25, 0.3) is 5.65 Å². The molecule has 2 N–H and O–H groups in total. The van der Waals surface area contributed by atoms with E-state index in [2.05, 4.69) is 10.1 Å². The van der Waals surface area contributed by atoms with Gasteiger partial charge in [0.1, 0.15) is 5.82 Å². The van der Waals surface area contributed by atoms with Gasteiger partial charge < -0.3 is 5.73 Å². The number of rotatable bonds is 3. The van der Waals surface area contributed by atoms with Gasteiger partial charge in [-0.1, -0.05) is 6.07 Å². The first-order chi connectivity index (χ1) is 9.69. The maximum atomic E-state index is 13.2. The number of halogens is 1. The molecule has 0 fully saturated rings. The third-order valence-corrected chi connectivity index (χ3v) is 3.10. The summed E-state index contributed by atoms with van der Waals surface area (Å²) in [6, 6.07) is 4.33. The number of fused-ring (bicyclic) bond motifs is 1. The van der Waals surface area contributed by atoms with E-state index in [1.54, 1.807) is 12.3 Å². The topological polar surface area (TPSA) is 78.2 Å². The van der Waals surface area contributed by atoms with Gasteiger partial charge >= 0.3 is 5.69 Å². The van der Waals surface area contributed by atoms with Crippen molar-refractivity contribution in [3.8, 4) is 0 Å². The van der Waals surface area contributed by atoms with Crippen LogP contribution in [0.1, 0.15) is 11.1 Å². The molecule has 7 heteroatoms. The van der Waals surface area contributed by atoms with Gasteiger partial charge in [0.2, 0.25) is 0 Å². The fourth-order valence-corrected chi connectivity index (χ4v) is 2.08. The molecule has 2 heterocycles. The third kappa shape index (κ3) is 2.08. The zero-order valence-electron chi connectivity index (χ0n) is 10.5. The summed E-state index contributed by atoms with van der Waals surface area (Å²) in [7, 11) is 0. The van der Waals surface area contributed by atoms with Gasteiger partial charge in [-0.15, -0.1) is 5.10 Å². The molecule has 6 nitrogen and oxygen atoms in total. The minimum Gasteiger partial charge on any atom is -0.326 e. The molecule has 0 bridgehead atoms. The molecule has 20 heavy (non-hydrogen) atoms. The summed E-state index contributed by atoms with van der Waals surface area (Å²) in [6.45, 7) is 0.449. The van der Waals surface area contributed by atoms with Crippen LogP contribution >= 0.6 is 0 Å². The summed E-state index contributed by atoms with van der Waals surface area (Å²) in [5.74, 6) is -0.347. The largest absolute Gasteiger partial charge is 0.350 e. The molecule has 2 aromatic heterocycles. The second kappa shape index (κ2) is 4.86. The van der Waals surface area contributed by atoms with Crippen LogP contribution in [0, 0.1) is 5.82 Å². The predicted molar refractivity (Wildman–Crippen MR) is 70.6 cm³/mol. The van der Waals surface area contributed by atoms with Crippen LogP contribution in [-0.2, 0) is 13.1 Å². The van der Waals surface area contributed by atoms with Crippen LogP contribution in [0.3, 0.4) is 0 Å². The van der Waals surface area contributed by atoms with Crippen LogP contribution in [0.15, 0.2) is 41.6 Å². The molecule has 3 aromatic rings. The molecule has 0 aliphatic heterocycles. The molecular weight excluding hydrogens is 261 g/mol. The van der Waals surface area contributed by atoms with Crippen molar-refractivity contribution in [1.82, 2.24) is 19.2 Å². The lowest BCUT2D eigenvalue weighted by molar-refractivity contribution is 0.617. The maximum Gasteiger partial charge on any atom is 0.350 e. The Kier molecular flexibility index (Phi) is 3.03. The highest BCUT2D eigenvalue weighted by atomic mass is 19.1. The van der Waals surface area contributed by atoms with Gasteiger partial charge in [-0.05, 0) is 23.3 Å². The first kappa shape index (κ1) is 12.5. The summed E-state index contributed by atoms with van der Waals surface area (Å²) in [5, 5.41) is 4.18. The van der Waals surface area contributed by atoms with Crippen LogP contribution < -0.4 is 11.4 Å². The maximum absolute atomic E-state index is 13.2. The van der Waals surface area contributed by atoms with E-state index < -0.39 is 0 Å². The van der Waals surface area contributed by atoms with Gasteiger partial charge in [0, 0.05) is 18.9 Å². The van der Waals surface area contributed by atoms with Gasteiger partial charge in [-0.3, -0.25) is 4.98 Å². The number of hydrogen-bond donors (Lipinski definition) is 1. The standard InChI is InChI=1S/C13H12FN5O/c14-11-2-1-9(10(5-11)6-15)8-19-13(20)18-4-3-16-7-12(18)17-19/h1-5,7H,6,8,15H2. The van der Waals surface area contributed by atoms with Crippen molar-refractivity contribution in [3.05, 3.63) is 64.2 Å². The Morgan fingerprint density at radius 3 is 2.90 bits per heavy atom. The zero-order chi connectivity index (χ0) is 14.1. The summed E-state index contributed by atoms with van der Waals surface area (Å²) in [5.41, 5.74) is 7.22. The van der Waals surface area contributed by atoms with E-state index >= 15 is 0 Å². The second-order valence-corrected chi connectivity index (χ2v) is 4.36. The Bertz CT molecular complexity index is 823. The van der Waals surface area contributed by atoms with Crippen LogP contribution in [0.2, 0.25) is 0 Å². The number of aromatic nitrogens is 4. The van der Waals surface area contributed by atoms with E-state index in [1.165, 1.54) is 33.6 Å². The van der Waals surface area contributed by atoms with E-state index in [0.717, 1.165) is 5.56 Å². The average Bonchev–Trinajstić information content (AvgIpc) is 2.78. The van der Waals surface area contributed by atoms with Gasteiger partial charge in [0.15, 0.2) is 5.65 Å². The summed E-state index contributed by atoms with van der Waals surface area (Å²) < 4.78 is 15.9. The molecule has 102 valence electrons. The van der Waals surface area contributed by atoms with Gasteiger partial charge in [0.25, 0.3) is 0 Å². The molecule has 3 rings (SSSR count). The Hall–Kier alpha value is -2.54. The Labute approximate surface area is 113 Å². The lowest BCUT2D eigenvalue weighted by atomic mass is 10.1. The van der Waals surface area contributed by atoms with Crippen molar-refractivity contribution in [2.45, 2.75) is 13.1 Å². The molecule has 0 spiro atoms. The van der Waals surface area contributed by atoms with Crippen molar-refractivity contribution in [2.24, 2.45) is 5.73 Å². The Morgan fingerprint density at radius 2 is 2.15 bits per heavy atom. The minimum atomic E-state index is -0.347. The van der Waals surface area contributed by atoms with E-state index in [9.17, 15) is 9.18 Å². The van der Waals surface area contributed by atoms with Gasteiger partial charge in [0.05, 0.1) is 12.7 Å². The first-order valence-electron chi connectivity index (χ1n) is 6.05. The van der Waals surface area contributed by atoms with E-state index in [1.807, 2.05) is 0 Å². The van der Waals surface area contributed by atoms with Crippen LogP contribution in [0.4, 0.5) is 4.39 Å². The summed E-state index contributed by atoms with van der Waals surface area (Å²) in [6.07, 6.45) is 4.58. The molecule has 0 atom stereocenters. The minimum absolute atomic E-state index is 0.205. The molecule has 0 saturated heterocycles. The average molecular weight is 273 g/mol. The number of nitrogens with zero attached hydrogens (tertiary/aromatic N) is 4. The number of hydrogen-bond acceptors (Lipinski definition) is 4. The predicted octanol–water partition coefficient (Wildman–Crippen LogP) is 0.537. The second-order valence-electron chi connectivity index (χ2n) is 4.36. The molecule has 0 unspecified atom stereocenters. The molecule has 1 aromatic carbocycles. The van der Waals surface area contributed by atoms with E-state index in [0.29, 0.717) is 11.2 Å². The van der Waals surface area contributed by atoms with Crippen LogP contribution in [-0.4, -0.2) is 19.2 Å². The van der Waals surface area contributed by atoms with E-state index in [4.69, 9.17) is 5.73 Å². The molecule has 0 aliphatic rings. The highest BCUT2D eigenvalue weighted by molar-refractivity contribution is 5.33. The quantitative estimate of drug-likeness (QED) is 0.755. The number of nitrogens with two attached hydrogens (primary N) is 1. The smallest absolute Gasteiger partial charge is 0.326 e. The first-order valence-corrected chi connectivity index (χ1v) is 6.05. The molecule has 0 amide bonds. The van der Waals surface area contributed by atoms with Crippen molar-refractivity contribution >= 4 is 5.65 Å². The Morgan fingerprint density at radius 1 is 1.30 bits per heavy atom. The normalized spacial score (nSPS) is 11.1. The lowest BCUT2D eigenvalue weighted by Crippen LogP contribution is -2.22. The van der Waals surface area contributed by atoms with Gasteiger partial charge in [-0.25, -0.2) is 18.3 Å². The summed E-state index contributed by atoms with van der Waals surface area (Å²) in [4.78, 5) is 16.0. The highest BCUT2D eigenvalue weighted by Crippen LogP contribution is 2.11. The van der Waals surface area contributed by atoms with E-state index in [-0.39, 0.29) is 24.6 Å². The fourth-order valence-electron chi connectivity index (χ4n) is 2.08. The summed E-state index contributed by atoms with van der Waals surface area (Å²) >= 11 is 0. The molecule has 0 radical (unpaired) electrons. The van der Waals surface area contributed by atoms with Crippen molar-refractivity contribution in [3.63, 3.8) is 0 Å². The highest BCUT2D eigenvalue weighted by Gasteiger charge is 2.09. The van der Waals surface area contributed by atoms with Crippen molar-refractivity contribution in [2.75, 3.05) is 0 Å². The molecule has 0 saturated carbocycles. The Balaban J connectivity index is 2.05. The zero-order valence-corrected chi connectivity index (χ0v) is 10.5.